The van der Waals surface area contributed by atoms with Gasteiger partial charge in [0.05, 0.1) is 0 Å². The van der Waals surface area contributed by atoms with E-state index in [4.69, 9.17) is 0 Å². The Hall–Kier alpha value is -1.26. The number of aromatic nitrogens is 4. The molecule has 0 saturated carbocycles. The number of aryl methyl sites for hydroxylation is 1. The molecule has 0 radical (unpaired) electrons. The highest BCUT2D eigenvalue weighted by atomic mass is 16.1. The molecule has 0 atom stereocenters. The molecular weight excluding hydrogens is 168 g/mol. The van der Waals surface area contributed by atoms with Gasteiger partial charge in [-0.2, -0.15) is 0 Å². The highest BCUT2D eigenvalue weighted by Gasteiger charge is 2.06. The minimum Gasteiger partial charge on any atom is -0.299 e. The van der Waals surface area contributed by atoms with E-state index in [2.05, 4.69) is 15.5 Å². The highest BCUT2D eigenvalue weighted by molar-refractivity contribution is 5.80. The number of rotatable bonds is 5. The van der Waals surface area contributed by atoms with Crippen molar-refractivity contribution in [2.75, 3.05) is 0 Å². The Morgan fingerprint density at radius 3 is 2.85 bits per heavy atom. The zero-order valence-electron chi connectivity index (χ0n) is 7.97. The molecule has 0 amide bonds. The van der Waals surface area contributed by atoms with Crippen LogP contribution >= 0.6 is 0 Å². The van der Waals surface area contributed by atoms with Crippen LogP contribution in [0.1, 0.15) is 26.7 Å². The second-order valence-electron chi connectivity index (χ2n) is 3.30. The molecule has 0 bridgehead atoms. The maximum Gasteiger partial charge on any atom is 0.138 e. The van der Waals surface area contributed by atoms with Crippen LogP contribution < -0.4 is 0 Å². The summed E-state index contributed by atoms with van der Waals surface area (Å²) in [5, 5.41) is 10.7. The van der Waals surface area contributed by atoms with E-state index >= 15 is 0 Å². The van der Waals surface area contributed by atoms with E-state index in [0.29, 0.717) is 18.7 Å². The van der Waals surface area contributed by atoms with Gasteiger partial charge in [-0.1, -0.05) is 13.8 Å². The molecule has 1 rings (SSSR count). The lowest BCUT2D eigenvalue weighted by Gasteiger charge is -2.02. The Morgan fingerprint density at radius 2 is 2.31 bits per heavy atom. The third kappa shape index (κ3) is 3.31. The van der Waals surface area contributed by atoms with Crippen molar-refractivity contribution in [1.29, 1.82) is 0 Å². The van der Waals surface area contributed by atoms with Crippen LogP contribution in [0.4, 0.5) is 0 Å². The maximum atomic E-state index is 11.2. The molecule has 13 heavy (non-hydrogen) atoms. The summed E-state index contributed by atoms with van der Waals surface area (Å²) in [5.41, 5.74) is 0. The molecule has 1 aromatic heterocycles. The number of carbonyl (C=O) groups excluding carboxylic acids is 1. The monoisotopic (exact) mass is 182 g/mol. The summed E-state index contributed by atoms with van der Waals surface area (Å²) in [6.07, 6.45) is 2.97. The van der Waals surface area contributed by atoms with Crippen molar-refractivity contribution in [3.05, 3.63) is 6.33 Å². The van der Waals surface area contributed by atoms with Crippen LogP contribution in [0, 0.1) is 5.92 Å². The van der Waals surface area contributed by atoms with Crippen molar-refractivity contribution in [1.82, 2.24) is 20.2 Å². The van der Waals surface area contributed by atoms with Crippen molar-refractivity contribution in [3.8, 4) is 0 Å². The van der Waals surface area contributed by atoms with Crippen LogP contribution in [0.2, 0.25) is 0 Å². The third-order valence-electron chi connectivity index (χ3n) is 1.85. The standard InChI is InChI=1S/C8H14N4O/c1-7(2)8(13)4-3-5-12-6-9-10-11-12/h6-7H,3-5H2,1-2H3. The number of hydrogen-bond donors (Lipinski definition) is 0. The van der Waals surface area contributed by atoms with Crippen LogP contribution in [0.3, 0.4) is 0 Å². The van der Waals surface area contributed by atoms with Gasteiger partial charge in [-0.15, -0.1) is 5.10 Å². The van der Waals surface area contributed by atoms with Gasteiger partial charge < -0.3 is 0 Å². The molecule has 0 saturated heterocycles. The van der Waals surface area contributed by atoms with Gasteiger partial charge in [-0.05, 0) is 16.8 Å². The van der Waals surface area contributed by atoms with Gasteiger partial charge in [0.25, 0.3) is 0 Å². The smallest absolute Gasteiger partial charge is 0.138 e. The van der Waals surface area contributed by atoms with Crippen LogP contribution in [0.15, 0.2) is 6.33 Å². The molecule has 0 aliphatic carbocycles. The van der Waals surface area contributed by atoms with Crippen LogP contribution in [0.5, 0.6) is 0 Å². The number of tetrazole rings is 1. The Balaban J connectivity index is 2.18. The molecule has 72 valence electrons. The molecule has 0 unspecified atom stereocenters. The van der Waals surface area contributed by atoms with Crippen molar-refractivity contribution in [2.24, 2.45) is 5.92 Å². The van der Waals surface area contributed by atoms with E-state index < -0.39 is 0 Å². The number of nitrogens with zero attached hydrogens (tertiary/aromatic N) is 4. The summed E-state index contributed by atoms with van der Waals surface area (Å²) in [5.74, 6) is 0.432. The van der Waals surface area contributed by atoms with Gasteiger partial charge in [-0.3, -0.25) is 4.79 Å². The van der Waals surface area contributed by atoms with E-state index in [-0.39, 0.29) is 5.92 Å². The summed E-state index contributed by atoms with van der Waals surface area (Å²) < 4.78 is 1.63. The van der Waals surface area contributed by atoms with Crippen molar-refractivity contribution in [2.45, 2.75) is 33.2 Å². The molecule has 1 aromatic rings. The van der Waals surface area contributed by atoms with Crippen molar-refractivity contribution in [3.63, 3.8) is 0 Å². The maximum absolute atomic E-state index is 11.2. The van der Waals surface area contributed by atoms with Gasteiger partial charge in [0.2, 0.25) is 0 Å². The molecule has 1 heterocycles. The van der Waals surface area contributed by atoms with Gasteiger partial charge in [0.15, 0.2) is 0 Å². The molecule has 0 aliphatic heterocycles. The Labute approximate surface area is 77.1 Å². The lowest BCUT2D eigenvalue weighted by molar-refractivity contribution is -0.122. The highest BCUT2D eigenvalue weighted by Crippen LogP contribution is 2.02. The molecule has 0 aromatic carbocycles. The predicted octanol–water partition coefficient (Wildman–Crippen LogP) is 0.678. The topological polar surface area (TPSA) is 60.7 Å². The zero-order valence-corrected chi connectivity index (χ0v) is 7.97. The van der Waals surface area contributed by atoms with Crippen LogP contribution in [0.25, 0.3) is 0 Å². The van der Waals surface area contributed by atoms with Gasteiger partial charge in [-0.25, -0.2) is 4.68 Å². The fourth-order valence-electron chi connectivity index (χ4n) is 0.987. The van der Waals surface area contributed by atoms with E-state index in [0.717, 1.165) is 6.42 Å². The van der Waals surface area contributed by atoms with E-state index in [9.17, 15) is 4.79 Å². The fraction of sp³-hybridized carbons (Fsp3) is 0.750. The minimum absolute atomic E-state index is 0.133. The summed E-state index contributed by atoms with van der Waals surface area (Å²) in [6, 6.07) is 0. The number of hydrogen-bond acceptors (Lipinski definition) is 4. The first kappa shape index (κ1) is 9.83. The fourth-order valence-corrected chi connectivity index (χ4v) is 0.987. The largest absolute Gasteiger partial charge is 0.299 e. The third-order valence-corrected chi connectivity index (χ3v) is 1.85. The second-order valence-corrected chi connectivity index (χ2v) is 3.30. The van der Waals surface area contributed by atoms with E-state index in [1.807, 2.05) is 13.8 Å². The van der Waals surface area contributed by atoms with E-state index in [1.165, 1.54) is 0 Å². The second kappa shape index (κ2) is 4.69. The lowest BCUT2D eigenvalue weighted by atomic mass is 10.1. The molecule has 5 nitrogen and oxygen atoms in total. The normalized spacial score (nSPS) is 10.7. The van der Waals surface area contributed by atoms with Crippen LogP contribution in [-0.4, -0.2) is 26.0 Å². The number of ketones is 1. The van der Waals surface area contributed by atoms with Crippen molar-refractivity contribution >= 4 is 5.78 Å². The first-order chi connectivity index (χ1) is 6.20. The van der Waals surface area contributed by atoms with Gasteiger partial charge in [0.1, 0.15) is 12.1 Å². The quantitative estimate of drug-likeness (QED) is 0.671. The Bertz CT molecular complexity index is 255. The van der Waals surface area contributed by atoms with E-state index in [1.54, 1.807) is 11.0 Å². The van der Waals surface area contributed by atoms with Gasteiger partial charge in [0, 0.05) is 18.9 Å². The average molecular weight is 182 g/mol. The minimum atomic E-state index is 0.133. The summed E-state index contributed by atoms with van der Waals surface area (Å²) in [4.78, 5) is 11.2. The Kier molecular flexibility index (Phi) is 3.54. The first-order valence-electron chi connectivity index (χ1n) is 4.43. The van der Waals surface area contributed by atoms with Crippen molar-refractivity contribution < 1.29 is 4.79 Å². The number of carbonyl (C=O) groups is 1. The average Bonchev–Trinajstić information content (AvgIpc) is 2.56. The molecule has 0 aliphatic rings. The summed E-state index contributed by atoms with van der Waals surface area (Å²) in [6.45, 7) is 4.55. The first-order valence-corrected chi connectivity index (χ1v) is 4.43. The predicted molar refractivity (Wildman–Crippen MR) is 46.9 cm³/mol. The SMILES string of the molecule is CC(C)C(=O)CCCn1cnnn1. The molecule has 0 N–H and O–H groups in total. The van der Waals surface area contributed by atoms with Crippen LogP contribution in [-0.2, 0) is 11.3 Å². The Morgan fingerprint density at radius 1 is 1.54 bits per heavy atom. The molecular formula is C8H14N4O. The van der Waals surface area contributed by atoms with Gasteiger partial charge >= 0.3 is 0 Å². The molecule has 0 fully saturated rings. The lowest BCUT2D eigenvalue weighted by Crippen LogP contribution is -2.08. The zero-order chi connectivity index (χ0) is 9.68. The number of Topliss-reactive ketones (excluding diaryl/α,β-unsaturated/α-hetero) is 1. The summed E-state index contributed by atoms with van der Waals surface area (Å²) >= 11 is 0. The molecule has 5 heteroatoms. The molecule has 0 spiro atoms. The summed E-state index contributed by atoms with van der Waals surface area (Å²) in [7, 11) is 0.